The number of para-hydroxylation sites is 1. The number of urea groups is 1. The third-order valence-electron chi connectivity index (χ3n) is 8.97. The number of carbonyl (C=O) groups excluding carboxylic acids is 3. The number of aryl methyl sites for hydroxylation is 1. The molecule has 3 aliphatic heterocycles. The van der Waals surface area contributed by atoms with E-state index in [0.29, 0.717) is 48.3 Å². The van der Waals surface area contributed by atoms with Crippen LogP contribution in [0.2, 0.25) is 0 Å². The molecule has 3 fully saturated rings. The third kappa shape index (κ3) is 5.63. The topological polar surface area (TPSA) is 99.3 Å². The normalized spacial score (nSPS) is 21.5. The molecule has 0 spiro atoms. The highest BCUT2D eigenvalue weighted by atomic mass is 19.1. The van der Waals surface area contributed by atoms with Crippen LogP contribution in [0, 0.1) is 17.7 Å². The number of aliphatic imine (C=N–C) groups is 1. The fraction of sp³-hybridized carbons (Fsp3) is 0.353. The molecule has 4 amide bonds. The summed E-state index contributed by atoms with van der Waals surface area (Å²) in [4.78, 5) is 50.8. The molecule has 0 aromatic heterocycles. The van der Waals surface area contributed by atoms with Crippen LogP contribution in [0.4, 0.5) is 20.6 Å². The number of nitrogens with zero attached hydrogens (tertiary/aromatic N) is 4. The van der Waals surface area contributed by atoms with Gasteiger partial charge in [-0.1, -0.05) is 49.4 Å². The van der Waals surface area contributed by atoms with E-state index >= 15 is 4.39 Å². The molecule has 8 nitrogen and oxygen atoms in total. The number of halogens is 1. The lowest BCUT2D eigenvalue weighted by atomic mass is 9.84. The van der Waals surface area contributed by atoms with Crippen molar-refractivity contribution in [2.24, 2.45) is 22.6 Å². The fourth-order valence-corrected chi connectivity index (χ4v) is 6.66. The average Bonchev–Trinajstić information content (AvgIpc) is 3.40. The molecule has 1 saturated carbocycles. The number of amides is 4. The molecule has 222 valence electrons. The molecule has 1 unspecified atom stereocenters. The van der Waals surface area contributed by atoms with Crippen molar-refractivity contribution in [2.45, 2.75) is 45.2 Å². The second kappa shape index (κ2) is 12.0. The van der Waals surface area contributed by atoms with Gasteiger partial charge in [0.2, 0.25) is 12.1 Å². The van der Waals surface area contributed by atoms with Crippen LogP contribution >= 0.6 is 0 Å². The van der Waals surface area contributed by atoms with Crippen molar-refractivity contribution in [2.75, 3.05) is 29.4 Å². The van der Waals surface area contributed by atoms with Gasteiger partial charge in [0, 0.05) is 29.9 Å². The Kier molecular flexibility index (Phi) is 7.97. The molecule has 3 aromatic carbocycles. The molecular weight excluding hydrogens is 545 g/mol. The van der Waals surface area contributed by atoms with E-state index in [2.05, 4.69) is 0 Å². The van der Waals surface area contributed by atoms with Crippen LogP contribution in [0.1, 0.15) is 49.3 Å². The van der Waals surface area contributed by atoms with Gasteiger partial charge in [0.25, 0.3) is 5.91 Å². The third-order valence-corrected chi connectivity index (χ3v) is 8.97. The number of primary amides is 1. The van der Waals surface area contributed by atoms with Gasteiger partial charge in [-0.3, -0.25) is 19.4 Å². The standard InChI is InChI=1S/C34H36FN5O3/c1-2-22-8-7-9-25(18-22)40(34(36)43)32-33(42)39(21-30(41)38-19-23-14-15-24(20-38)17-16-23)29-13-6-4-11-27(29)31(37-32)26-10-3-5-12-28(26)35/h3-13,18,23-24,32H,2,14-17,19-21H2,1H3,(H2,36,43). The van der Waals surface area contributed by atoms with Crippen molar-refractivity contribution >= 4 is 34.9 Å². The second-order valence-corrected chi connectivity index (χ2v) is 11.7. The molecule has 7 rings (SSSR count). The Morgan fingerprint density at radius 3 is 2.23 bits per heavy atom. The quantitative estimate of drug-likeness (QED) is 0.437. The van der Waals surface area contributed by atoms with Crippen LogP contribution in [0.3, 0.4) is 0 Å². The monoisotopic (exact) mass is 581 g/mol. The zero-order valence-electron chi connectivity index (χ0n) is 24.3. The highest BCUT2D eigenvalue weighted by Crippen LogP contribution is 2.35. The van der Waals surface area contributed by atoms with E-state index in [4.69, 9.17) is 10.7 Å². The van der Waals surface area contributed by atoms with Crippen molar-refractivity contribution in [1.29, 1.82) is 0 Å². The maximum Gasteiger partial charge on any atom is 0.321 e. The molecule has 0 radical (unpaired) electrons. The summed E-state index contributed by atoms with van der Waals surface area (Å²) in [5, 5.41) is 0. The first-order valence-corrected chi connectivity index (χ1v) is 15.0. The number of hydrogen-bond acceptors (Lipinski definition) is 4. The lowest BCUT2D eigenvalue weighted by Gasteiger charge is -2.32. The Balaban J connectivity index is 1.48. The van der Waals surface area contributed by atoms with Crippen molar-refractivity contribution in [3.05, 3.63) is 95.3 Å². The minimum Gasteiger partial charge on any atom is -0.351 e. The smallest absolute Gasteiger partial charge is 0.321 e. The highest BCUT2D eigenvalue weighted by molar-refractivity contribution is 6.22. The zero-order valence-corrected chi connectivity index (χ0v) is 24.3. The van der Waals surface area contributed by atoms with E-state index < -0.39 is 23.9 Å². The van der Waals surface area contributed by atoms with Gasteiger partial charge >= 0.3 is 6.03 Å². The van der Waals surface area contributed by atoms with Crippen molar-refractivity contribution in [3.8, 4) is 0 Å². The summed E-state index contributed by atoms with van der Waals surface area (Å²) >= 11 is 0. The molecule has 3 aromatic rings. The van der Waals surface area contributed by atoms with E-state index in [1.54, 1.807) is 60.7 Å². The van der Waals surface area contributed by atoms with Crippen LogP contribution in [0.15, 0.2) is 77.8 Å². The predicted octanol–water partition coefficient (Wildman–Crippen LogP) is 5.13. The highest BCUT2D eigenvalue weighted by Gasteiger charge is 2.40. The largest absolute Gasteiger partial charge is 0.351 e. The maximum absolute atomic E-state index is 15.3. The van der Waals surface area contributed by atoms with Gasteiger partial charge in [-0.2, -0.15) is 0 Å². The first-order valence-electron chi connectivity index (χ1n) is 15.0. The molecule has 2 N–H and O–H groups in total. The van der Waals surface area contributed by atoms with E-state index in [1.807, 2.05) is 17.9 Å². The molecule has 2 saturated heterocycles. The van der Waals surface area contributed by atoms with Gasteiger partial charge in [-0.05, 0) is 79.8 Å². The Hall–Kier alpha value is -4.53. The first-order chi connectivity index (χ1) is 20.8. The van der Waals surface area contributed by atoms with Gasteiger partial charge in [0.05, 0.1) is 11.4 Å². The minimum absolute atomic E-state index is 0.159. The van der Waals surface area contributed by atoms with Gasteiger partial charge in [0.1, 0.15) is 12.4 Å². The van der Waals surface area contributed by atoms with E-state index in [-0.39, 0.29) is 23.7 Å². The van der Waals surface area contributed by atoms with Crippen LogP contribution in [0.5, 0.6) is 0 Å². The Morgan fingerprint density at radius 2 is 1.58 bits per heavy atom. The van der Waals surface area contributed by atoms with E-state index in [1.165, 1.54) is 11.0 Å². The number of carbonyl (C=O) groups is 3. The van der Waals surface area contributed by atoms with Crippen LogP contribution in [-0.4, -0.2) is 54.3 Å². The van der Waals surface area contributed by atoms with Crippen molar-refractivity contribution in [1.82, 2.24) is 4.90 Å². The molecule has 43 heavy (non-hydrogen) atoms. The summed E-state index contributed by atoms with van der Waals surface area (Å²) in [6.07, 6.45) is 3.70. The zero-order chi connectivity index (χ0) is 30.1. The second-order valence-electron chi connectivity index (χ2n) is 11.7. The number of benzene rings is 3. The van der Waals surface area contributed by atoms with Crippen LogP contribution in [-0.2, 0) is 16.0 Å². The van der Waals surface area contributed by atoms with Gasteiger partial charge in [-0.15, -0.1) is 0 Å². The molecule has 1 aliphatic carbocycles. The van der Waals surface area contributed by atoms with Gasteiger partial charge in [-0.25, -0.2) is 14.2 Å². The average molecular weight is 582 g/mol. The van der Waals surface area contributed by atoms with Crippen molar-refractivity contribution in [3.63, 3.8) is 0 Å². The molecule has 9 heteroatoms. The lowest BCUT2D eigenvalue weighted by Crippen LogP contribution is -2.54. The summed E-state index contributed by atoms with van der Waals surface area (Å²) < 4.78 is 15.3. The van der Waals surface area contributed by atoms with E-state index in [0.717, 1.165) is 36.1 Å². The molecule has 4 aliphatic rings. The number of hydrogen-bond donors (Lipinski definition) is 1. The molecule has 3 heterocycles. The number of rotatable bonds is 6. The number of fused-ring (bicyclic) bond motifs is 5. The number of anilines is 2. The Labute approximate surface area is 251 Å². The van der Waals surface area contributed by atoms with Gasteiger partial charge in [0.15, 0.2) is 0 Å². The Morgan fingerprint density at radius 1 is 0.930 bits per heavy atom. The van der Waals surface area contributed by atoms with Crippen LogP contribution in [0.25, 0.3) is 0 Å². The summed E-state index contributed by atoms with van der Waals surface area (Å²) in [7, 11) is 0. The summed E-state index contributed by atoms with van der Waals surface area (Å²) in [6, 6.07) is 19.5. The fourth-order valence-electron chi connectivity index (χ4n) is 6.66. The SMILES string of the molecule is CCc1cccc(N(C(N)=O)C2N=C(c3ccccc3F)c3ccccc3N(CC(=O)N3CC4CCC(CC4)C3)C2=O)c1. The Bertz CT molecular complexity index is 1570. The van der Waals surface area contributed by atoms with E-state index in [9.17, 15) is 14.4 Å². The van der Waals surface area contributed by atoms with Crippen LogP contribution < -0.4 is 15.5 Å². The summed E-state index contributed by atoms with van der Waals surface area (Å²) in [5.74, 6) is -0.339. The summed E-state index contributed by atoms with van der Waals surface area (Å²) in [6.45, 7) is 3.11. The minimum atomic E-state index is -1.47. The maximum atomic E-state index is 15.3. The van der Waals surface area contributed by atoms with Crippen molar-refractivity contribution < 1.29 is 18.8 Å². The van der Waals surface area contributed by atoms with Gasteiger partial charge < -0.3 is 10.6 Å². The number of benzodiazepines with no additional fused rings is 1. The molecule has 1 atom stereocenters. The lowest BCUT2D eigenvalue weighted by molar-refractivity contribution is -0.132. The molecule has 2 bridgehead atoms. The molecular formula is C34H36FN5O3. The first kappa shape index (κ1) is 28.6. The summed E-state index contributed by atoms with van der Waals surface area (Å²) in [5.41, 5.74) is 8.56. The number of nitrogens with two attached hydrogens (primary N) is 1. The predicted molar refractivity (Wildman–Crippen MR) is 165 cm³/mol.